The molecule has 1 unspecified atom stereocenters. The fourth-order valence-electron chi connectivity index (χ4n) is 0.778. The van der Waals surface area contributed by atoms with Crippen molar-refractivity contribution in [2.75, 3.05) is 0 Å². The largest absolute Gasteiger partial charge is 0.444 e. The molecule has 1 aromatic rings. The van der Waals surface area contributed by atoms with Gasteiger partial charge in [0.1, 0.15) is 5.76 Å². The third-order valence-electron chi connectivity index (χ3n) is 1.50. The van der Waals surface area contributed by atoms with E-state index in [0.717, 1.165) is 5.76 Å². The van der Waals surface area contributed by atoms with Crippen molar-refractivity contribution in [2.45, 2.75) is 32.7 Å². The highest BCUT2D eigenvalue weighted by Crippen LogP contribution is 2.17. The van der Waals surface area contributed by atoms with E-state index < -0.39 is 0 Å². The van der Waals surface area contributed by atoms with E-state index >= 15 is 0 Å². The van der Waals surface area contributed by atoms with Crippen molar-refractivity contribution in [3.63, 3.8) is 0 Å². The molecule has 3 heteroatoms. The van der Waals surface area contributed by atoms with Crippen LogP contribution in [0.3, 0.4) is 0 Å². The average Bonchev–Trinajstić information content (AvgIpc) is 2.33. The maximum absolute atomic E-state index is 5.57. The first kappa shape index (κ1) is 8.27. The second kappa shape index (κ2) is 3.05. The van der Waals surface area contributed by atoms with Gasteiger partial charge in [-0.15, -0.1) is 0 Å². The number of hydrogen-bond acceptors (Lipinski definition) is 3. The van der Waals surface area contributed by atoms with E-state index in [-0.39, 0.29) is 6.04 Å². The molecule has 1 heterocycles. The zero-order valence-electron chi connectivity index (χ0n) is 7.16. The molecule has 62 valence electrons. The highest BCUT2D eigenvalue weighted by molar-refractivity contribution is 5.00. The standard InChI is InChI=1S/C8H14N2O/c1-5(2)7-4-10-8(11-7)6(3)9/h4-6H,9H2,1-3H3. The zero-order chi connectivity index (χ0) is 8.43. The van der Waals surface area contributed by atoms with Gasteiger partial charge in [-0.05, 0) is 6.92 Å². The summed E-state index contributed by atoms with van der Waals surface area (Å²) in [4.78, 5) is 4.05. The number of rotatable bonds is 2. The van der Waals surface area contributed by atoms with Crippen molar-refractivity contribution in [3.8, 4) is 0 Å². The maximum atomic E-state index is 5.57. The van der Waals surface area contributed by atoms with Crippen molar-refractivity contribution in [3.05, 3.63) is 17.8 Å². The lowest BCUT2D eigenvalue weighted by molar-refractivity contribution is 0.417. The van der Waals surface area contributed by atoms with Crippen LogP contribution >= 0.6 is 0 Å². The van der Waals surface area contributed by atoms with Crippen LogP contribution in [-0.4, -0.2) is 4.98 Å². The van der Waals surface area contributed by atoms with Crippen LogP contribution in [0.15, 0.2) is 10.6 Å². The Hall–Kier alpha value is -0.830. The first-order valence-corrected chi connectivity index (χ1v) is 3.82. The van der Waals surface area contributed by atoms with Gasteiger partial charge in [0.05, 0.1) is 12.2 Å². The molecule has 1 atom stereocenters. The minimum absolute atomic E-state index is 0.109. The monoisotopic (exact) mass is 154 g/mol. The molecule has 0 fully saturated rings. The summed E-state index contributed by atoms with van der Waals surface area (Å²) in [5.74, 6) is 1.90. The Morgan fingerprint density at radius 1 is 1.45 bits per heavy atom. The first-order valence-electron chi connectivity index (χ1n) is 3.82. The third-order valence-corrected chi connectivity index (χ3v) is 1.50. The number of nitrogens with zero attached hydrogens (tertiary/aromatic N) is 1. The first-order chi connectivity index (χ1) is 5.11. The van der Waals surface area contributed by atoms with Gasteiger partial charge in [0.2, 0.25) is 5.89 Å². The molecule has 0 saturated heterocycles. The summed E-state index contributed by atoms with van der Waals surface area (Å²) in [6.45, 7) is 5.98. The Labute approximate surface area is 66.6 Å². The van der Waals surface area contributed by atoms with Crippen LogP contribution in [0.25, 0.3) is 0 Å². The molecule has 0 radical (unpaired) electrons. The van der Waals surface area contributed by atoms with Crippen LogP contribution in [0.5, 0.6) is 0 Å². The van der Waals surface area contributed by atoms with Crippen molar-refractivity contribution in [1.29, 1.82) is 0 Å². The predicted molar refractivity (Wildman–Crippen MR) is 43.2 cm³/mol. The van der Waals surface area contributed by atoms with E-state index in [9.17, 15) is 0 Å². The summed E-state index contributed by atoms with van der Waals surface area (Å²) in [6.07, 6.45) is 1.74. The topological polar surface area (TPSA) is 52.0 Å². The molecule has 11 heavy (non-hydrogen) atoms. The molecule has 0 aliphatic rings. The molecule has 0 spiro atoms. The predicted octanol–water partition coefficient (Wildman–Crippen LogP) is 1.82. The van der Waals surface area contributed by atoms with Gasteiger partial charge in [-0.3, -0.25) is 0 Å². The molecule has 1 rings (SSSR count). The Balaban J connectivity index is 2.82. The smallest absolute Gasteiger partial charge is 0.211 e. The van der Waals surface area contributed by atoms with Crippen LogP contribution in [0.2, 0.25) is 0 Å². The Morgan fingerprint density at radius 2 is 2.09 bits per heavy atom. The van der Waals surface area contributed by atoms with Gasteiger partial charge in [-0.25, -0.2) is 4.98 Å². The van der Waals surface area contributed by atoms with E-state index in [1.54, 1.807) is 6.20 Å². The third kappa shape index (κ3) is 1.80. The van der Waals surface area contributed by atoms with Crippen LogP contribution in [0.1, 0.15) is 44.4 Å². The SMILES string of the molecule is CC(C)c1cnc(C(C)N)o1. The fourth-order valence-corrected chi connectivity index (χ4v) is 0.778. The highest BCUT2D eigenvalue weighted by Gasteiger charge is 2.09. The van der Waals surface area contributed by atoms with Crippen LogP contribution in [0.4, 0.5) is 0 Å². The molecule has 0 aromatic carbocycles. The summed E-state index contributed by atoms with van der Waals surface area (Å²) in [7, 11) is 0. The van der Waals surface area contributed by atoms with E-state index in [0.29, 0.717) is 11.8 Å². The van der Waals surface area contributed by atoms with Crippen LogP contribution in [-0.2, 0) is 0 Å². The second-order valence-corrected chi connectivity index (χ2v) is 3.04. The van der Waals surface area contributed by atoms with E-state index in [4.69, 9.17) is 10.2 Å². The lowest BCUT2D eigenvalue weighted by atomic mass is 10.2. The highest BCUT2D eigenvalue weighted by atomic mass is 16.4. The molecule has 0 saturated carbocycles. The van der Waals surface area contributed by atoms with Crippen LogP contribution in [0, 0.1) is 0 Å². The van der Waals surface area contributed by atoms with Gasteiger partial charge in [-0.2, -0.15) is 0 Å². The van der Waals surface area contributed by atoms with Gasteiger partial charge < -0.3 is 10.2 Å². The Kier molecular flexibility index (Phi) is 2.29. The zero-order valence-corrected chi connectivity index (χ0v) is 7.16. The van der Waals surface area contributed by atoms with Gasteiger partial charge in [0.25, 0.3) is 0 Å². The molecule has 0 amide bonds. The summed E-state index contributed by atoms with van der Waals surface area (Å²) < 4.78 is 5.37. The lowest BCUT2D eigenvalue weighted by Crippen LogP contribution is -2.04. The molecule has 2 N–H and O–H groups in total. The number of oxazole rings is 1. The van der Waals surface area contributed by atoms with E-state index in [2.05, 4.69) is 18.8 Å². The molecule has 3 nitrogen and oxygen atoms in total. The molecule has 0 aliphatic carbocycles. The normalized spacial score (nSPS) is 13.9. The van der Waals surface area contributed by atoms with Crippen molar-refractivity contribution >= 4 is 0 Å². The number of nitrogens with two attached hydrogens (primary N) is 1. The fraction of sp³-hybridized carbons (Fsp3) is 0.625. The number of aromatic nitrogens is 1. The van der Waals surface area contributed by atoms with Gasteiger partial charge in [0, 0.05) is 5.92 Å². The minimum Gasteiger partial charge on any atom is -0.444 e. The van der Waals surface area contributed by atoms with Gasteiger partial charge >= 0.3 is 0 Å². The summed E-state index contributed by atoms with van der Waals surface area (Å²) in [5.41, 5.74) is 5.57. The van der Waals surface area contributed by atoms with Crippen molar-refractivity contribution < 1.29 is 4.42 Å². The average molecular weight is 154 g/mol. The molecular weight excluding hydrogens is 140 g/mol. The summed E-state index contributed by atoms with van der Waals surface area (Å²) >= 11 is 0. The second-order valence-electron chi connectivity index (χ2n) is 3.04. The molecule has 0 aliphatic heterocycles. The molecule has 0 bridgehead atoms. The Morgan fingerprint density at radius 3 is 2.36 bits per heavy atom. The van der Waals surface area contributed by atoms with Crippen LogP contribution < -0.4 is 5.73 Å². The molecule has 1 aromatic heterocycles. The Bertz CT molecular complexity index is 205. The van der Waals surface area contributed by atoms with Crippen molar-refractivity contribution in [1.82, 2.24) is 4.98 Å². The lowest BCUT2D eigenvalue weighted by Gasteiger charge is -1.99. The van der Waals surface area contributed by atoms with Gasteiger partial charge in [0.15, 0.2) is 0 Å². The quantitative estimate of drug-likeness (QED) is 0.706. The minimum atomic E-state index is -0.109. The molecular formula is C8H14N2O. The van der Waals surface area contributed by atoms with E-state index in [1.807, 2.05) is 6.92 Å². The van der Waals surface area contributed by atoms with Crippen molar-refractivity contribution in [2.24, 2.45) is 5.73 Å². The van der Waals surface area contributed by atoms with E-state index in [1.165, 1.54) is 0 Å². The summed E-state index contributed by atoms with van der Waals surface area (Å²) in [5, 5.41) is 0. The number of hydrogen-bond donors (Lipinski definition) is 1. The maximum Gasteiger partial charge on any atom is 0.211 e. The van der Waals surface area contributed by atoms with Gasteiger partial charge in [-0.1, -0.05) is 13.8 Å². The summed E-state index contributed by atoms with van der Waals surface area (Å²) in [6, 6.07) is -0.109.